The summed E-state index contributed by atoms with van der Waals surface area (Å²) < 4.78 is 5.02. The molecule has 0 spiro atoms. The Bertz CT molecular complexity index is 250. The van der Waals surface area contributed by atoms with Crippen molar-refractivity contribution < 1.29 is 9.53 Å². The van der Waals surface area contributed by atoms with E-state index >= 15 is 0 Å². The average Bonchev–Trinajstić information content (AvgIpc) is 2.38. The zero-order chi connectivity index (χ0) is 13.5. The van der Waals surface area contributed by atoms with E-state index in [0.29, 0.717) is 12.0 Å². The van der Waals surface area contributed by atoms with Gasteiger partial charge in [-0.1, -0.05) is 19.3 Å². The lowest BCUT2D eigenvalue weighted by Crippen LogP contribution is -2.47. The molecule has 0 heterocycles. The van der Waals surface area contributed by atoms with Crippen LogP contribution in [0.3, 0.4) is 0 Å². The van der Waals surface area contributed by atoms with Crippen molar-refractivity contribution in [3.8, 4) is 0 Å². The van der Waals surface area contributed by atoms with Crippen LogP contribution in [0.2, 0.25) is 0 Å². The van der Waals surface area contributed by atoms with E-state index in [0.717, 1.165) is 6.54 Å². The number of hydrogen-bond acceptors (Lipinski definition) is 3. The van der Waals surface area contributed by atoms with E-state index < -0.39 is 0 Å². The molecular formula is C14H28N2O2. The van der Waals surface area contributed by atoms with Gasteiger partial charge < -0.3 is 15.0 Å². The minimum absolute atomic E-state index is 0.0137. The Balaban J connectivity index is 2.45. The largest absolute Gasteiger partial charge is 0.372 e. The molecule has 1 N–H and O–H groups in total. The lowest BCUT2D eigenvalue weighted by Gasteiger charge is -2.35. The van der Waals surface area contributed by atoms with E-state index in [1.807, 2.05) is 0 Å². The van der Waals surface area contributed by atoms with E-state index in [2.05, 4.69) is 24.3 Å². The summed E-state index contributed by atoms with van der Waals surface area (Å²) in [6.07, 6.45) is 6.24. The maximum Gasteiger partial charge on any atom is 0.248 e. The van der Waals surface area contributed by atoms with E-state index in [1.165, 1.54) is 32.1 Å². The van der Waals surface area contributed by atoms with Crippen LogP contribution in [-0.4, -0.2) is 50.7 Å². The van der Waals surface area contributed by atoms with Gasteiger partial charge >= 0.3 is 0 Å². The van der Waals surface area contributed by atoms with Gasteiger partial charge in [-0.2, -0.15) is 0 Å². The summed E-state index contributed by atoms with van der Waals surface area (Å²) >= 11 is 0. The van der Waals surface area contributed by atoms with Crippen molar-refractivity contribution in [3.05, 3.63) is 0 Å². The van der Waals surface area contributed by atoms with Crippen molar-refractivity contribution in [2.24, 2.45) is 5.92 Å². The second-order valence-corrected chi connectivity index (χ2v) is 5.55. The zero-order valence-corrected chi connectivity index (χ0v) is 12.2. The molecule has 1 aliphatic carbocycles. The monoisotopic (exact) mass is 256 g/mol. The topological polar surface area (TPSA) is 41.6 Å². The number of carbonyl (C=O) groups is 1. The van der Waals surface area contributed by atoms with Gasteiger partial charge in [0.15, 0.2) is 0 Å². The molecule has 0 unspecified atom stereocenters. The smallest absolute Gasteiger partial charge is 0.248 e. The molecule has 4 heteroatoms. The average molecular weight is 256 g/mol. The highest BCUT2D eigenvalue weighted by Gasteiger charge is 2.26. The van der Waals surface area contributed by atoms with E-state index in [9.17, 15) is 4.79 Å². The Morgan fingerprint density at radius 3 is 2.44 bits per heavy atom. The fourth-order valence-corrected chi connectivity index (χ4v) is 2.75. The highest BCUT2D eigenvalue weighted by molar-refractivity contribution is 5.80. The van der Waals surface area contributed by atoms with Crippen LogP contribution in [0.25, 0.3) is 0 Å². The molecular weight excluding hydrogens is 228 g/mol. The van der Waals surface area contributed by atoms with Crippen molar-refractivity contribution in [1.29, 1.82) is 0 Å². The van der Waals surface area contributed by atoms with Crippen molar-refractivity contribution in [3.63, 3.8) is 0 Å². The molecule has 1 rings (SSSR count). The molecule has 1 amide bonds. The van der Waals surface area contributed by atoms with Gasteiger partial charge in [-0.3, -0.25) is 4.79 Å². The minimum Gasteiger partial charge on any atom is -0.372 e. The summed E-state index contributed by atoms with van der Waals surface area (Å²) in [7, 11) is 5.77. The Hall–Kier alpha value is -0.610. The van der Waals surface area contributed by atoms with E-state index in [-0.39, 0.29) is 12.0 Å². The highest BCUT2D eigenvalue weighted by atomic mass is 16.5. The second-order valence-electron chi connectivity index (χ2n) is 5.55. The first-order valence-electron chi connectivity index (χ1n) is 7.03. The number of amides is 1. The third kappa shape index (κ3) is 4.58. The number of nitrogens with zero attached hydrogens (tertiary/aromatic N) is 1. The van der Waals surface area contributed by atoms with E-state index in [1.54, 1.807) is 14.0 Å². The zero-order valence-electron chi connectivity index (χ0n) is 12.2. The normalized spacial score (nSPS) is 20.7. The van der Waals surface area contributed by atoms with Gasteiger partial charge in [0.1, 0.15) is 6.10 Å². The van der Waals surface area contributed by atoms with Crippen LogP contribution in [0.5, 0.6) is 0 Å². The molecule has 1 saturated carbocycles. The highest BCUT2D eigenvalue weighted by Crippen LogP contribution is 2.28. The molecule has 0 aliphatic heterocycles. The Kier molecular flexibility index (Phi) is 6.65. The summed E-state index contributed by atoms with van der Waals surface area (Å²) in [5.74, 6) is 0.701. The number of rotatable bonds is 6. The molecule has 106 valence electrons. The predicted molar refractivity (Wildman–Crippen MR) is 73.5 cm³/mol. The van der Waals surface area contributed by atoms with Gasteiger partial charge in [0.2, 0.25) is 5.91 Å². The quantitative estimate of drug-likeness (QED) is 0.785. The SMILES string of the molecule is CO[C@@H](C)C(=O)NC[C@H](C1CCCCC1)N(C)C. The summed E-state index contributed by atoms with van der Waals surface area (Å²) in [5.41, 5.74) is 0. The van der Waals surface area contributed by atoms with Gasteiger partial charge in [0, 0.05) is 19.7 Å². The van der Waals surface area contributed by atoms with Crippen LogP contribution in [0.4, 0.5) is 0 Å². The van der Waals surface area contributed by atoms with Crippen LogP contribution < -0.4 is 5.32 Å². The maximum absolute atomic E-state index is 11.7. The Morgan fingerprint density at radius 1 is 1.33 bits per heavy atom. The van der Waals surface area contributed by atoms with E-state index in [4.69, 9.17) is 4.74 Å². The van der Waals surface area contributed by atoms with Crippen LogP contribution in [0.1, 0.15) is 39.0 Å². The summed E-state index contributed by atoms with van der Waals surface area (Å²) in [5, 5.41) is 3.01. The Morgan fingerprint density at radius 2 is 1.94 bits per heavy atom. The fraction of sp³-hybridized carbons (Fsp3) is 0.929. The molecule has 0 aromatic carbocycles. The molecule has 0 aromatic heterocycles. The van der Waals surface area contributed by atoms with Crippen LogP contribution in [0, 0.1) is 5.92 Å². The second kappa shape index (κ2) is 7.74. The number of likely N-dealkylation sites (N-methyl/N-ethyl adjacent to an activating group) is 1. The number of ether oxygens (including phenoxy) is 1. The third-order valence-corrected chi connectivity index (χ3v) is 4.07. The fourth-order valence-electron chi connectivity index (χ4n) is 2.75. The van der Waals surface area contributed by atoms with Gasteiger partial charge in [-0.15, -0.1) is 0 Å². The van der Waals surface area contributed by atoms with Crippen molar-refractivity contribution in [1.82, 2.24) is 10.2 Å². The lowest BCUT2D eigenvalue weighted by molar-refractivity contribution is -0.130. The first-order valence-corrected chi connectivity index (χ1v) is 7.03. The molecule has 1 fully saturated rings. The summed E-state index contributed by atoms with van der Waals surface area (Å²) in [6.45, 7) is 2.50. The summed E-state index contributed by atoms with van der Waals surface area (Å²) in [6, 6.07) is 0.443. The minimum atomic E-state index is -0.362. The number of carbonyl (C=O) groups excluding carboxylic acids is 1. The standard InChI is InChI=1S/C14H28N2O2/c1-11(18-4)14(17)15-10-13(16(2)3)12-8-6-5-7-9-12/h11-13H,5-10H2,1-4H3,(H,15,17)/t11-,13+/m0/s1. The van der Waals surface area contributed by atoms with Crippen molar-refractivity contribution >= 4 is 5.91 Å². The first kappa shape index (κ1) is 15.4. The molecule has 18 heavy (non-hydrogen) atoms. The number of methoxy groups -OCH3 is 1. The molecule has 0 saturated heterocycles. The predicted octanol–water partition coefficient (Wildman–Crippen LogP) is 1.65. The van der Waals surface area contributed by atoms with Crippen LogP contribution in [0.15, 0.2) is 0 Å². The first-order chi connectivity index (χ1) is 8.56. The van der Waals surface area contributed by atoms with Gasteiger partial charge in [0.25, 0.3) is 0 Å². The number of nitrogens with one attached hydrogen (secondary N) is 1. The van der Waals surface area contributed by atoms with Crippen molar-refractivity contribution in [2.45, 2.75) is 51.2 Å². The summed E-state index contributed by atoms with van der Waals surface area (Å²) in [4.78, 5) is 14.0. The molecule has 4 nitrogen and oxygen atoms in total. The number of hydrogen-bond donors (Lipinski definition) is 1. The lowest BCUT2D eigenvalue weighted by atomic mass is 9.83. The molecule has 0 bridgehead atoms. The van der Waals surface area contributed by atoms with Crippen molar-refractivity contribution in [2.75, 3.05) is 27.7 Å². The molecule has 0 radical (unpaired) electrons. The van der Waals surface area contributed by atoms with Crippen LogP contribution >= 0.6 is 0 Å². The van der Waals surface area contributed by atoms with Gasteiger partial charge in [0.05, 0.1) is 0 Å². The molecule has 1 aliphatic rings. The molecule has 0 aromatic rings. The van der Waals surface area contributed by atoms with Crippen LogP contribution in [-0.2, 0) is 9.53 Å². The van der Waals surface area contributed by atoms with Gasteiger partial charge in [-0.05, 0) is 39.8 Å². The maximum atomic E-state index is 11.7. The van der Waals surface area contributed by atoms with Gasteiger partial charge in [-0.25, -0.2) is 0 Å². The Labute approximate surface area is 111 Å². The molecule has 2 atom stereocenters. The third-order valence-electron chi connectivity index (χ3n) is 4.07.